The smallest absolute Gasteiger partial charge is 0.316 e. The van der Waals surface area contributed by atoms with Crippen LogP contribution in [-0.4, -0.2) is 141 Å². The summed E-state index contributed by atoms with van der Waals surface area (Å²) in [6.07, 6.45) is 8.62. The Bertz CT molecular complexity index is 1010. The summed E-state index contributed by atoms with van der Waals surface area (Å²) in [6.45, 7) is 11.4. The zero-order valence-corrected chi connectivity index (χ0v) is 32.5. The van der Waals surface area contributed by atoms with Crippen molar-refractivity contribution in [1.29, 1.82) is 0 Å². The average molecular weight is 701 g/mol. The molecule has 4 fully saturated rings. The van der Waals surface area contributed by atoms with E-state index in [0.717, 1.165) is 45.1 Å². The van der Waals surface area contributed by atoms with Crippen molar-refractivity contribution in [3.05, 3.63) is 0 Å². The maximum Gasteiger partial charge on any atom is 0.316 e. The minimum Gasteiger partial charge on any atom is -0.463 e. The van der Waals surface area contributed by atoms with Crippen LogP contribution in [0.15, 0.2) is 0 Å². The quantitative estimate of drug-likeness (QED) is 0.263. The lowest BCUT2D eigenvalue weighted by molar-refractivity contribution is -0.304. The molecule has 11 nitrogen and oxygen atoms in total. The Morgan fingerprint density at radius 3 is 2.12 bits per heavy atom. The van der Waals surface area contributed by atoms with Gasteiger partial charge in [0, 0.05) is 51.7 Å². The van der Waals surface area contributed by atoms with Crippen LogP contribution in [0.25, 0.3) is 0 Å². The molecule has 2 aliphatic carbocycles. The van der Waals surface area contributed by atoms with E-state index in [1.165, 1.54) is 12.8 Å². The monoisotopic (exact) mass is 701 g/mol. The van der Waals surface area contributed by atoms with Crippen LogP contribution in [0.5, 0.6) is 0 Å². The van der Waals surface area contributed by atoms with Gasteiger partial charge >= 0.3 is 5.97 Å². The second kappa shape index (κ2) is 21.0. The molecule has 0 N–H and O–H groups in total. The van der Waals surface area contributed by atoms with E-state index in [2.05, 4.69) is 33.6 Å². The first-order valence-corrected chi connectivity index (χ1v) is 18.7. The van der Waals surface area contributed by atoms with Gasteiger partial charge in [-0.1, -0.05) is 20.8 Å². The van der Waals surface area contributed by atoms with E-state index in [0.29, 0.717) is 43.8 Å². The Morgan fingerprint density at radius 2 is 1.57 bits per heavy atom. The number of amides is 1. The van der Waals surface area contributed by atoms with E-state index in [-0.39, 0.29) is 42.1 Å². The third-order valence-electron chi connectivity index (χ3n) is 11.1. The number of hydrogen-bond donors (Lipinski definition) is 0. The molecule has 0 radical (unpaired) electrons. The maximum absolute atomic E-state index is 12.9. The summed E-state index contributed by atoms with van der Waals surface area (Å²) < 4.78 is 28.5. The average Bonchev–Trinajstić information content (AvgIpc) is 3.95. The molecule has 0 aromatic rings. The molecule has 1 amide bonds. The number of esters is 1. The van der Waals surface area contributed by atoms with Gasteiger partial charge in [-0.15, -0.1) is 0 Å². The summed E-state index contributed by atoms with van der Waals surface area (Å²) in [5, 5.41) is 0. The molecule has 2 aliphatic heterocycles. The fraction of sp³-hybridized carbons (Fsp3) is 0.919. The highest BCUT2D eigenvalue weighted by atomic mass is 19.3. The van der Waals surface area contributed by atoms with Crippen molar-refractivity contribution in [3.63, 3.8) is 0 Å². The largest absolute Gasteiger partial charge is 0.463 e. The third kappa shape index (κ3) is 13.4. The molecular weight excluding hydrogens is 631 g/mol. The van der Waals surface area contributed by atoms with Gasteiger partial charge in [0.15, 0.2) is 6.29 Å². The Labute approximate surface area is 296 Å². The highest BCUT2D eigenvalue weighted by Gasteiger charge is 2.43. The first kappa shape index (κ1) is 43.5. The number of carbonyl (C=O) groups is 3. The predicted molar refractivity (Wildman–Crippen MR) is 190 cm³/mol. The molecule has 12 heteroatoms. The minimum atomic E-state index is -0.753. The van der Waals surface area contributed by atoms with Crippen LogP contribution in [0, 0.1) is 11.8 Å². The van der Waals surface area contributed by atoms with Crippen LogP contribution in [0.1, 0.15) is 105 Å². The lowest BCUT2D eigenvalue weighted by Crippen LogP contribution is -2.56. The second-order valence-electron chi connectivity index (χ2n) is 15.1. The molecule has 0 bridgehead atoms. The standard InChI is InChI=1S/C27H47N3O5.C8H16FNO2.C2H6/c1-19-15-23(34-6)9-10-24(31)20(2)26(33)35-18-27(29(4)16-19)13-11-22(12-14-27)30(5)25(32)17-28(3)21-7-8-21;1-6-4-7(10(2)3)5-8(11-6)12-9;1-2/h19-23H,7-18H2,1-6H3;6-8H,4-5H2,1-3H3;1-2H3. The summed E-state index contributed by atoms with van der Waals surface area (Å²) in [7, 11) is 11.8. The Morgan fingerprint density at radius 1 is 0.939 bits per heavy atom. The first-order chi connectivity index (χ1) is 23.2. The van der Waals surface area contributed by atoms with E-state index < -0.39 is 18.2 Å². The molecular formula is C37H69FN4O7. The molecule has 4 rings (SSSR count). The minimum absolute atomic E-state index is 0.00596. The number of ketones is 1. The summed E-state index contributed by atoms with van der Waals surface area (Å²) >= 11 is 0. The number of nitrogens with zero attached hydrogens (tertiary/aromatic N) is 4. The van der Waals surface area contributed by atoms with Crippen molar-refractivity contribution in [3.8, 4) is 0 Å². The van der Waals surface area contributed by atoms with Gasteiger partial charge in [0.05, 0.1) is 24.3 Å². The molecule has 0 aromatic carbocycles. The molecule has 2 heterocycles. The molecule has 2 saturated heterocycles. The summed E-state index contributed by atoms with van der Waals surface area (Å²) in [5.74, 6) is -0.697. The number of carbonyl (C=O) groups excluding carboxylic acids is 3. The van der Waals surface area contributed by atoms with Crippen LogP contribution in [-0.2, 0) is 33.5 Å². The molecule has 1 spiro atoms. The second-order valence-corrected chi connectivity index (χ2v) is 15.1. The zero-order valence-electron chi connectivity index (χ0n) is 32.5. The van der Waals surface area contributed by atoms with Crippen LogP contribution in [0.4, 0.5) is 4.53 Å². The third-order valence-corrected chi connectivity index (χ3v) is 11.1. The van der Waals surface area contributed by atoms with Crippen molar-refractivity contribution in [1.82, 2.24) is 19.6 Å². The number of Topliss-reactive ketones (excluding diaryl/α,β-unsaturated/α-hetero) is 1. The van der Waals surface area contributed by atoms with Crippen LogP contribution >= 0.6 is 0 Å². The van der Waals surface area contributed by atoms with Gasteiger partial charge in [0.25, 0.3) is 0 Å². The van der Waals surface area contributed by atoms with Crippen LogP contribution in [0.3, 0.4) is 0 Å². The molecule has 2 saturated carbocycles. The lowest BCUT2D eigenvalue weighted by Gasteiger charge is -2.48. The van der Waals surface area contributed by atoms with E-state index in [9.17, 15) is 18.9 Å². The number of likely N-dealkylation sites (N-methyl/N-ethyl adjacent to an activating group) is 3. The van der Waals surface area contributed by atoms with Crippen LogP contribution < -0.4 is 0 Å². The highest BCUT2D eigenvalue weighted by molar-refractivity contribution is 5.98. The topological polar surface area (TPSA) is 101 Å². The van der Waals surface area contributed by atoms with Crippen LogP contribution in [0.2, 0.25) is 0 Å². The van der Waals surface area contributed by atoms with Gasteiger partial charge < -0.3 is 24.0 Å². The van der Waals surface area contributed by atoms with E-state index >= 15 is 0 Å². The van der Waals surface area contributed by atoms with Crippen molar-refractivity contribution in [2.75, 3.05) is 62.0 Å². The van der Waals surface area contributed by atoms with Crippen molar-refractivity contribution in [2.24, 2.45) is 11.8 Å². The van der Waals surface area contributed by atoms with Gasteiger partial charge in [-0.05, 0) is 110 Å². The summed E-state index contributed by atoms with van der Waals surface area (Å²) in [6, 6.07) is 1.12. The molecule has 0 aromatic heterocycles. The fourth-order valence-corrected chi connectivity index (χ4v) is 7.39. The fourth-order valence-electron chi connectivity index (χ4n) is 7.39. The summed E-state index contributed by atoms with van der Waals surface area (Å²) in [5.41, 5.74) is -0.283. The Hall–Kier alpha value is -1.70. The number of halogens is 1. The first-order valence-electron chi connectivity index (χ1n) is 18.7. The maximum atomic E-state index is 12.9. The SMILES string of the molecule is CC.CC1CC(N(C)C)CC(OF)O1.COC1CCC(=O)C(C)C(=O)OCC2(CCC(N(C)C(=O)CN(C)C3CC3)CC2)N(C)CC(C)C1. The lowest BCUT2D eigenvalue weighted by atomic mass is 9.77. The molecule has 49 heavy (non-hydrogen) atoms. The highest BCUT2D eigenvalue weighted by Crippen LogP contribution is 2.37. The number of rotatable bonds is 7. The van der Waals surface area contributed by atoms with E-state index in [1.807, 2.05) is 53.9 Å². The van der Waals surface area contributed by atoms with Crippen molar-refractivity contribution in [2.45, 2.75) is 147 Å². The normalized spacial score (nSPS) is 33.6. The number of hydrogen-bond acceptors (Lipinski definition) is 10. The van der Waals surface area contributed by atoms with Gasteiger partial charge in [0.2, 0.25) is 5.91 Å². The number of ether oxygens (including phenoxy) is 3. The number of methoxy groups -OCH3 is 1. The van der Waals surface area contributed by atoms with E-state index in [4.69, 9.17) is 14.2 Å². The molecule has 6 atom stereocenters. The van der Waals surface area contributed by atoms with Crippen molar-refractivity contribution < 1.29 is 38.1 Å². The molecule has 6 unspecified atom stereocenters. The van der Waals surface area contributed by atoms with Gasteiger partial charge in [-0.2, -0.15) is 4.94 Å². The van der Waals surface area contributed by atoms with Gasteiger partial charge in [-0.3, -0.25) is 24.2 Å². The van der Waals surface area contributed by atoms with Gasteiger partial charge in [-0.25, -0.2) is 0 Å². The number of cyclic esters (lactones) is 1. The zero-order chi connectivity index (χ0) is 36.9. The predicted octanol–water partition coefficient (Wildman–Crippen LogP) is 5.10. The molecule has 286 valence electrons. The van der Waals surface area contributed by atoms with Gasteiger partial charge in [0.1, 0.15) is 18.3 Å². The Kier molecular flexibility index (Phi) is 18.6. The Balaban J connectivity index is 0.000000498. The summed E-state index contributed by atoms with van der Waals surface area (Å²) in [4.78, 5) is 50.5. The molecule has 4 aliphatic rings. The van der Waals surface area contributed by atoms with Crippen molar-refractivity contribution >= 4 is 17.7 Å². The van der Waals surface area contributed by atoms with E-state index in [1.54, 1.807) is 14.0 Å².